The fraction of sp³-hybridized carbons (Fsp3) is 0.297. The topological polar surface area (TPSA) is 86.8 Å². The zero-order valence-corrected chi connectivity index (χ0v) is 27.6. The van der Waals surface area contributed by atoms with Crippen LogP contribution in [0.3, 0.4) is 0 Å². The molecule has 0 saturated heterocycles. The van der Waals surface area contributed by atoms with Crippen LogP contribution in [0.15, 0.2) is 114 Å². The van der Waals surface area contributed by atoms with Crippen LogP contribution in [0, 0.1) is 6.92 Å². The first-order valence-corrected chi connectivity index (χ1v) is 17.6. The average molecular weight is 658 g/mol. The third-order valence-corrected chi connectivity index (χ3v) is 10.6. The van der Waals surface area contributed by atoms with E-state index in [1.165, 1.54) is 17.0 Å². The van der Waals surface area contributed by atoms with Gasteiger partial charge in [-0.15, -0.1) is 0 Å². The van der Waals surface area contributed by atoms with Gasteiger partial charge in [0.25, 0.3) is 10.0 Å². The molecule has 0 aliphatic heterocycles. The van der Waals surface area contributed by atoms with Gasteiger partial charge in [-0.25, -0.2) is 8.42 Å². The SMILES string of the molecule is Cc1cccc(N(CC(=O)N(Cc2ccccc2Cl)[C@H](Cc2ccccc2)C(=O)NC2CCCCC2)S(=O)(=O)c2ccccc2)c1. The van der Waals surface area contributed by atoms with Gasteiger partial charge >= 0.3 is 0 Å². The third-order valence-electron chi connectivity index (χ3n) is 8.42. The van der Waals surface area contributed by atoms with E-state index in [0.717, 1.165) is 47.5 Å². The molecular formula is C37H40ClN3O4S. The molecule has 46 heavy (non-hydrogen) atoms. The van der Waals surface area contributed by atoms with E-state index in [1.807, 2.05) is 55.5 Å². The molecule has 1 fully saturated rings. The van der Waals surface area contributed by atoms with Gasteiger partial charge in [0.1, 0.15) is 12.6 Å². The summed E-state index contributed by atoms with van der Waals surface area (Å²) >= 11 is 6.60. The first-order valence-electron chi connectivity index (χ1n) is 15.7. The molecule has 7 nitrogen and oxygen atoms in total. The number of aryl methyl sites for hydroxylation is 1. The van der Waals surface area contributed by atoms with Gasteiger partial charge in [-0.1, -0.05) is 110 Å². The van der Waals surface area contributed by atoms with Gasteiger partial charge in [0.05, 0.1) is 10.6 Å². The lowest BCUT2D eigenvalue weighted by Gasteiger charge is -2.35. The number of hydrogen-bond donors (Lipinski definition) is 1. The number of carbonyl (C=O) groups excluding carboxylic acids is 2. The molecule has 1 aliphatic carbocycles. The molecule has 1 saturated carbocycles. The Morgan fingerprint density at radius 3 is 2.17 bits per heavy atom. The van der Waals surface area contributed by atoms with Crippen LogP contribution in [0.5, 0.6) is 0 Å². The average Bonchev–Trinajstić information content (AvgIpc) is 3.07. The Bertz CT molecular complexity index is 1730. The van der Waals surface area contributed by atoms with Crippen molar-refractivity contribution in [2.24, 2.45) is 0 Å². The molecule has 0 radical (unpaired) electrons. The van der Waals surface area contributed by atoms with E-state index in [9.17, 15) is 18.0 Å². The number of carbonyl (C=O) groups is 2. The second-order valence-electron chi connectivity index (χ2n) is 11.8. The Balaban J connectivity index is 1.56. The summed E-state index contributed by atoms with van der Waals surface area (Å²) in [6.07, 6.45) is 5.25. The van der Waals surface area contributed by atoms with Gasteiger partial charge in [-0.05, 0) is 66.8 Å². The van der Waals surface area contributed by atoms with Crippen molar-refractivity contribution in [2.45, 2.75) is 69.0 Å². The van der Waals surface area contributed by atoms with E-state index in [2.05, 4.69) is 5.32 Å². The Labute approximate surface area is 277 Å². The number of halogens is 1. The molecule has 0 unspecified atom stereocenters. The number of nitrogens with one attached hydrogen (secondary N) is 1. The molecule has 1 atom stereocenters. The maximum Gasteiger partial charge on any atom is 0.264 e. The fourth-order valence-electron chi connectivity index (χ4n) is 5.94. The predicted molar refractivity (Wildman–Crippen MR) is 183 cm³/mol. The lowest BCUT2D eigenvalue weighted by molar-refractivity contribution is -0.140. The molecule has 0 heterocycles. The maximum atomic E-state index is 14.6. The summed E-state index contributed by atoms with van der Waals surface area (Å²) in [5.41, 5.74) is 2.76. The highest BCUT2D eigenvalue weighted by Crippen LogP contribution is 2.27. The molecule has 1 N–H and O–H groups in total. The highest BCUT2D eigenvalue weighted by molar-refractivity contribution is 7.92. The van der Waals surface area contributed by atoms with Gasteiger partial charge in [0.15, 0.2) is 0 Å². The van der Waals surface area contributed by atoms with Crippen LogP contribution in [-0.2, 0) is 32.6 Å². The van der Waals surface area contributed by atoms with Crippen LogP contribution in [0.1, 0.15) is 48.8 Å². The Kier molecular flexibility index (Phi) is 11.1. The normalized spacial score (nSPS) is 14.3. The lowest BCUT2D eigenvalue weighted by Crippen LogP contribution is -2.55. The third kappa shape index (κ3) is 8.36. The van der Waals surface area contributed by atoms with Crippen molar-refractivity contribution in [3.05, 3.63) is 131 Å². The van der Waals surface area contributed by atoms with Gasteiger partial charge < -0.3 is 10.2 Å². The van der Waals surface area contributed by atoms with E-state index in [1.54, 1.807) is 48.5 Å². The number of anilines is 1. The summed E-state index contributed by atoms with van der Waals surface area (Å²) in [5.74, 6) is -0.773. The second kappa shape index (κ2) is 15.4. The zero-order valence-electron chi connectivity index (χ0n) is 26.0. The van der Waals surface area contributed by atoms with Crippen molar-refractivity contribution >= 4 is 39.1 Å². The van der Waals surface area contributed by atoms with E-state index in [4.69, 9.17) is 11.6 Å². The molecule has 0 spiro atoms. The van der Waals surface area contributed by atoms with E-state index in [0.29, 0.717) is 16.3 Å². The predicted octanol–water partition coefficient (Wildman–Crippen LogP) is 6.93. The van der Waals surface area contributed by atoms with Crippen LogP contribution in [-0.4, -0.2) is 43.8 Å². The van der Waals surface area contributed by atoms with Gasteiger partial charge in [-0.2, -0.15) is 0 Å². The second-order valence-corrected chi connectivity index (χ2v) is 14.1. The number of amides is 2. The van der Waals surface area contributed by atoms with Crippen LogP contribution >= 0.6 is 11.6 Å². The molecule has 4 aromatic carbocycles. The number of nitrogens with zero attached hydrogens (tertiary/aromatic N) is 2. The quantitative estimate of drug-likeness (QED) is 0.179. The fourth-order valence-corrected chi connectivity index (χ4v) is 7.56. The minimum Gasteiger partial charge on any atom is -0.352 e. The molecule has 0 bridgehead atoms. The summed E-state index contributed by atoms with van der Waals surface area (Å²) in [6.45, 7) is 1.39. The van der Waals surface area contributed by atoms with Gasteiger partial charge in [0, 0.05) is 24.0 Å². The van der Waals surface area contributed by atoms with Crippen LogP contribution in [0.25, 0.3) is 0 Å². The molecule has 2 amide bonds. The molecule has 9 heteroatoms. The standard InChI is InChI=1S/C37H40ClN3O4S/c1-28-14-13-20-32(24-28)41(46(44,45)33-21-9-4-10-22-33)27-36(42)40(26-30-17-11-12-23-34(30)38)35(25-29-15-5-2-6-16-29)37(43)39-31-18-7-3-8-19-31/h2,4-6,9-17,20-24,31,35H,3,7-8,18-19,25-27H2,1H3,(H,39,43)/t35-/m1/s1. The van der Waals surface area contributed by atoms with Crippen molar-refractivity contribution in [1.82, 2.24) is 10.2 Å². The monoisotopic (exact) mass is 657 g/mol. The highest BCUT2D eigenvalue weighted by atomic mass is 35.5. The van der Waals surface area contributed by atoms with Crippen LogP contribution < -0.4 is 9.62 Å². The van der Waals surface area contributed by atoms with E-state index in [-0.39, 0.29) is 29.8 Å². The largest absolute Gasteiger partial charge is 0.352 e. The van der Waals surface area contributed by atoms with Crippen molar-refractivity contribution in [1.29, 1.82) is 0 Å². The molecule has 0 aromatic heterocycles. The molecule has 5 rings (SSSR count). The summed E-state index contributed by atoms with van der Waals surface area (Å²) in [4.78, 5) is 30.4. The Morgan fingerprint density at radius 2 is 1.50 bits per heavy atom. The highest BCUT2D eigenvalue weighted by Gasteiger charge is 2.35. The minimum absolute atomic E-state index is 0.0269. The van der Waals surface area contributed by atoms with E-state index < -0.39 is 28.5 Å². The first-order chi connectivity index (χ1) is 22.2. The number of hydrogen-bond acceptors (Lipinski definition) is 4. The number of rotatable bonds is 12. The zero-order chi connectivity index (χ0) is 32.5. The summed E-state index contributed by atoms with van der Waals surface area (Å²) in [7, 11) is -4.15. The van der Waals surface area contributed by atoms with Gasteiger partial charge in [0.2, 0.25) is 11.8 Å². The molecule has 240 valence electrons. The first kappa shape index (κ1) is 33.2. The van der Waals surface area contributed by atoms with Crippen molar-refractivity contribution in [2.75, 3.05) is 10.8 Å². The Morgan fingerprint density at radius 1 is 0.848 bits per heavy atom. The summed E-state index contributed by atoms with van der Waals surface area (Å²) in [5, 5.41) is 3.68. The summed E-state index contributed by atoms with van der Waals surface area (Å²) < 4.78 is 29.4. The smallest absolute Gasteiger partial charge is 0.264 e. The number of benzene rings is 4. The van der Waals surface area contributed by atoms with Crippen LogP contribution in [0.2, 0.25) is 5.02 Å². The lowest BCUT2D eigenvalue weighted by atomic mass is 9.94. The molecule has 1 aliphatic rings. The van der Waals surface area contributed by atoms with Gasteiger partial charge in [-0.3, -0.25) is 13.9 Å². The van der Waals surface area contributed by atoms with Crippen molar-refractivity contribution in [3.8, 4) is 0 Å². The molecule has 4 aromatic rings. The minimum atomic E-state index is -4.15. The number of sulfonamides is 1. The van der Waals surface area contributed by atoms with Crippen molar-refractivity contribution < 1.29 is 18.0 Å². The summed E-state index contributed by atoms with van der Waals surface area (Å²) in [6, 6.07) is 31.0. The Hall–Kier alpha value is -4.14. The van der Waals surface area contributed by atoms with E-state index >= 15 is 0 Å². The van der Waals surface area contributed by atoms with Crippen molar-refractivity contribution in [3.63, 3.8) is 0 Å². The van der Waals surface area contributed by atoms with Crippen LogP contribution in [0.4, 0.5) is 5.69 Å². The maximum absolute atomic E-state index is 14.6. The molecular weight excluding hydrogens is 618 g/mol.